The fourth-order valence-electron chi connectivity index (χ4n) is 1.21. The normalized spacial score (nSPS) is 12.5. The van der Waals surface area contributed by atoms with Gasteiger partial charge in [0, 0.05) is 6.04 Å². The molecule has 0 fully saturated rings. The van der Waals surface area contributed by atoms with Crippen LogP contribution in [-0.4, -0.2) is 11.9 Å². The summed E-state index contributed by atoms with van der Waals surface area (Å²) < 4.78 is 0. The Kier molecular flexibility index (Phi) is 3.96. The van der Waals surface area contributed by atoms with Crippen molar-refractivity contribution >= 4 is 17.2 Å². The van der Waals surface area contributed by atoms with E-state index in [0.29, 0.717) is 0 Å². The Labute approximate surface area is 83.0 Å². The van der Waals surface area contributed by atoms with Gasteiger partial charge in [0.1, 0.15) is 0 Å². The van der Waals surface area contributed by atoms with Gasteiger partial charge in [-0.05, 0) is 24.8 Å². The van der Waals surface area contributed by atoms with Crippen LogP contribution in [0.3, 0.4) is 0 Å². The summed E-state index contributed by atoms with van der Waals surface area (Å²) in [6.45, 7) is 4.16. The molecule has 2 nitrogen and oxygen atoms in total. The number of thiophene rings is 1. The van der Waals surface area contributed by atoms with Gasteiger partial charge in [0.15, 0.2) is 0 Å². The molecule has 0 bridgehead atoms. The van der Waals surface area contributed by atoms with Crippen LogP contribution in [-0.2, 0) is 0 Å². The van der Waals surface area contributed by atoms with E-state index in [4.69, 9.17) is 0 Å². The van der Waals surface area contributed by atoms with Crippen molar-refractivity contribution in [1.29, 1.82) is 0 Å². The minimum Gasteiger partial charge on any atom is -0.349 e. The van der Waals surface area contributed by atoms with E-state index in [-0.39, 0.29) is 11.9 Å². The molecule has 1 N–H and O–H groups in total. The van der Waals surface area contributed by atoms with Gasteiger partial charge >= 0.3 is 0 Å². The third kappa shape index (κ3) is 3.19. The molecule has 0 saturated carbocycles. The van der Waals surface area contributed by atoms with Crippen molar-refractivity contribution in [2.45, 2.75) is 32.7 Å². The highest BCUT2D eigenvalue weighted by Gasteiger charge is 2.08. The summed E-state index contributed by atoms with van der Waals surface area (Å²) in [6.07, 6.45) is 2.14. The van der Waals surface area contributed by atoms with E-state index in [0.717, 1.165) is 17.7 Å². The molecule has 72 valence electrons. The van der Waals surface area contributed by atoms with E-state index in [2.05, 4.69) is 12.2 Å². The summed E-state index contributed by atoms with van der Waals surface area (Å²) >= 11 is 1.48. The van der Waals surface area contributed by atoms with Gasteiger partial charge in [-0.1, -0.05) is 19.4 Å². The molecule has 1 aromatic heterocycles. The fourth-order valence-corrected chi connectivity index (χ4v) is 1.83. The van der Waals surface area contributed by atoms with Gasteiger partial charge < -0.3 is 5.32 Å². The Morgan fingerprint density at radius 3 is 3.00 bits per heavy atom. The molecule has 0 aliphatic heterocycles. The SMILES string of the molecule is CCC[C@H](C)NC(=O)c1cccs1. The van der Waals surface area contributed by atoms with Gasteiger partial charge in [0.25, 0.3) is 5.91 Å². The summed E-state index contributed by atoms with van der Waals surface area (Å²) in [6, 6.07) is 4.02. The lowest BCUT2D eigenvalue weighted by atomic mass is 10.2. The van der Waals surface area contributed by atoms with Crippen LogP contribution in [0.5, 0.6) is 0 Å². The molecule has 1 amide bonds. The molecular weight excluding hydrogens is 182 g/mol. The first-order valence-corrected chi connectivity index (χ1v) is 5.46. The highest BCUT2D eigenvalue weighted by Crippen LogP contribution is 2.08. The maximum atomic E-state index is 11.5. The molecule has 0 unspecified atom stereocenters. The molecule has 1 atom stereocenters. The molecule has 0 spiro atoms. The Bertz CT molecular complexity index is 256. The van der Waals surface area contributed by atoms with Gasteiger partial charge in [-0.15, -0.1) is 11.3 Å². The van der Waals surface area contributed by atoms with E-state index >= 15 is 0 Å². The van der Waals surface area contributed by atoms with Crippen LogP contribution >= 0.6 is 11.3 Å². The molecule has 1 rings (SSSR count). The summed E-state index contributed by atoms with van der Waals surface area (Å²) in [5.74, 6) is 0.0518. The van der Waals surface area contributed by atoms with Crippen LogP contribution in [0.25, 0.3) is 0 Å². The third-order valence-corrected chi connectivity index (χ3v) is 2.71. The van der Waals surface area contributed by atoms with Crippen molar-refractivity contribution in [3.8, 4) is 0 Å². The van der Waals surface area contributed by atoms with E-state index in [1.165, 1.54) is 11.3 Å². The van der Waals surface area contributed by atoms with Gasteiger partial charge in [0.05, 0.1) is 4.88 Å². The Morgan fingerprint density at radius 2 is 2.46 bits per heavy atom. The molecule has 0 aromatic carbocycles. The van der Waals surface area contributed by atoms with Gasteiger partial charge in [-0.25, -0.2) is 0 Å². The lowest BCUT2D eigenvalue weighted by Crippen LogP contribution is -2.31. The largest absolute Gasteiger partial charge is 0.349 e. The zero-order valence-corrected chi connectivity index (χ0v) is 8.86. The summed E-state index contributed by atoms with van der Waals surface area (Å²) in [5, 5.41) is 4.87. The number of hydrogen-bond acceptors (Lipinski definition) is 2. The Hall–Kier alpha value is -0.830. The molecule has 0 radical (unpaired) electrons. The van der Waals surface area contributed by atoms with E-state index < -0.39 is 0 Å². The first-order valence-electron chi connectivity index (χ1n) is 4.58. The number of carbonyl (C=O) groups is 1. The maximum absolute atomic E-state index is 11.5. The minimum absolute atomic E-state index is 0.0518. The summed E-state index contributed by atoms with van der Waals surface area (Å²) in [7, 11) is 0. The lowest BCUT2D eigenvalue weighted by molar-refractivity contribution is 0.0942. The monoisotopic (exact) mass is 197 g/mol. The third-order valence-electron chi connectivity index (χ3n) is 1.84. The Morgan fingerprint density at radius 1 is 1.69 bits per heavy atom. The molecular formula is C10H15NOS. The molecule has 3 heteroatoms. The number of amides is 1. The standard InChI is InChI=1S/C10H15NOS/c1-3-5-8(2)11-10(12)9-6-4-7-13-9/h4,6-8H,3,5H2,1-2H3,(H,11,12)/t8-/m0/s1. The summed E-state index contributed by atoms with van der Waals surface area (Å²) in [5.41, 5.74) is 0. The second-order valence-corrected chi connectivity index (χ2v) is 4.09. The number of carbonyl (C=O) groups excluding carboxylic acids is 1. The fraction of sp³-hybridized carbons (Fsp3) is 0.500. The van der Waals surface area contributed by atoms with Crippen molar-refractivity contribution in [2.24, 2.45) is 0 Å². The first kappa shape index (κ1) is 10.3. The van der Waals surface area contributed by atoms with Crippen molar-refractivity contribution in [3.63, 3.8) is 0 Å². The molecule has 13 heavy (non-hydrogen) atoms. The van der Waals surface area contributed by atoms with Crippen LogP contribution in [0.1, 0.15) is 36.4 Å². The minimum atomic E-state index is 0.0518. The maximum Gasteiger partial charge on any atom is 0.261 e. The number of hydrogen-bond donors (Lipinski definition) is 1. The average molecular weight is 197 g/mol. The van der Waals surface area contributed by atoms with E-state index in [1.54, 1.807) is 0 Å². The van der Waals surface area contributed by atoms with Crippen molar-refractivity contribution in [2.75, 3.05) is 0 Å². The molecule has 1 heterocycles. The first-order chi connectivity index (χ1) is 6.24. The van der Waals surface area contributed by atoms with Crippen LogP contribution in [0.4, 0.5) is 0 Å². The molecule has 0 aliphatic carbocycles. The van der Waals surface area contributed by atoms with Crippen molar-refractivity contribution in [3.05, 3.63) is 22.4 Å². The highest BCUT2D eigenvalue weighted by atomic mass is 32.1. The molecule has 0 aliphatic rings. The van der Waals surface area contributed by atoms with Gasteiger partial charge in [0.2, 0.25) is 0 Å². The van der Waals surface area contributed by atoms with Gasteiger partial charge in [-0.2, -0.15) is 0 Å². The van der Waals surface area contributed by atoms with Crippen LogP contribution in [0, 0.1) is 0 Å². The predicted octanol–water partition coefficient (Wildman–Crippen LogP) is 2.67. The predicted molar refractivity (Wildman–Crippen MR) is 56.2 cm³/mol. The average Bonchev–Trinajstić information content (AvgIpc) is 2.55. The zero-order chi connectivity index (χ0) is 9.68. The second-order valence-electron chi connectivity index (χ2n) is 3.14. The second kappa shape index (κ2) is 5.02. The van der Waals surface area contributed by atoms with E-state index in [9.17, 15) is 4.79 Å². The van der Waals surface area contributed by atoms with E-state index in [1.807, 2.05) is 24.4 Å². The number of nitrogens with one attached hydrogen (secondary N) is 1. The van der Waals surface area contributed by atoms with Crippen molar-refractivity contribution in [1.82, 2.24) is 5.32 Å². The van der Waals surface area contributed by atoms with Crippen LogP contribution < -0.4 is 5.32 Å². The number of rotatable bonds is 4. The molecule has 0 saturated heterocycles. The van der Waals surface area contributed by atoms with Crippen molar-refractivity contribution < 1.29 is 4.79 Å². The van der Waals surface area contributed by atoms with Gasteiger partial charge in [-0.3, -0.25) is 4.79 Å². The van der Waals surface area contributed by atoms with Crippen LogP contribution in [0.2, 0.25) is 0 Å². The van der Waals surface area contributed by atoms with Crippen LogP contribution in [0.15, 0.2) is 17.5 Å². The highest BCUT2D eigenvalue weighted by molar-refractivity contribution is 7.12. The summed E-state index contributed by atoms with van der Waals surface area (Å²) in [4.78, 5) is 12.3. The Balaban J connectivity index is 2.42. The lowest BCUT2D eigenvalue weighted by Gasteiger charge is -2.11. The quantitative estimate of drug-likeness (QED) is 0.790. The smallest absolute Gasteiger partial charge is 0.261 e. The molecule has 1 aromatic rings. The zero-order valence-electron chi connectivity index (χ0n) is 8.04. The topological polar surface area (TPSA) is 29.1 Å².